The van der Waals surface area contributed by atoms with Gasteiger partial charge in [-0.25, -0.2) is 4.79 Å². The molecule has 0 amide bonds. The lowest BCUT2D eigenvalue weighted by Crippen LogP contribution is -2.63. The first-order valence-corrected chi connectivity index (χ1v) is 13.7. The Bertz CT molecular complexity index is 1280. The smallest absolute Gasteiger partial charge is 0.338 e. The zero-order chi connectivity index (χ0) is 28.3. The lowest BCUT2D eigenvalue weighted by Gasteiger charge is -2.60. The van der Waals surface area contributed by atoms with Crippen LogP contribution in [0, 0.1) is 28.6 Å². The van der Waals surface area contributed by atoms with E-state index in [0.717, 1.165) is 5.57 Å². The van der Waals surface area contributed by atoms with Crippen LogP contribution in [-0.4, -0.2) is 51.5 Å². The first-order valence-electron chi connectivity index (χ1n) is 13.7. The van der Waals surface area contributed by atoms with Crippen LogP contribution in [0.4, 0.5) is 0 Å². The van der Waals surface area contributed by atoms with Crippen LogP contribution in [0.25, 0.3) is 0 Å². The van der Waals surface area contributed by atoms with Crippen molar-refractivity contribution >= 4 is 23.5 Å². The summed E-state index contributed by atoms with van der Waals surface area (Å²) in [6.07, 6.45) is 3.00. The molecule has 39 heavy (non-hydrogen) atoms. The number of fused-ring (bicyclic) bond motifs is 5. The van der Waals surface area contributed by atoms with Crippen molar-refractivity contribution in [2.24, 2.45) is 28.6 Å². The summed E-state index contributed by atoms with van der Waals surface area (Å²) in [5.74, 6) is -2.31. The van der Waals surface area contributed by atoms with Crippen LogP contribution in [0.5, 0.6) is 0 Å². The molecule has 0 aliphatic heterocycles. The van der Waals surface area contributed by atoms with E-state index < -0.39 is 46.4 Å². The molecule has 1 aromatic rings. The van der Waals surface area contributed by atoms with Gasteiger partial charge in [-0.2, -0.15) is 0 Å². The van der Waals surface area contributed by atoms with Gasteiger partial charge >= 0.3 is 11.9 Å². The van der Waals surface area contributed by atoms with Gasteiger partial charge in [0.2, 0.25) is 0 Å². The van der Waals surface area contributed by atoms with Gasteiger partial charge in [0.25, 0.3) is 0 Å². The van der Waals surface area contributed by atoms with Gasteiger partial charge in [-0.05, 0) is 76.0 Å². The quantitative estimate of drug-likeness (QED) is 0.546. The minimum absolute atomic E-state index is 0.109. The van der Waals surface area contributed by atoms with Gasteiger partial charge in [0.05, 0.1) is 11.0 Å². The van der Waals surface area contributed by atoms with Crippen molar-refractivity contribution in [2.75, 3.05) is 0 Å². The van der Waals surface area contributed by atoms with Crippen molar-refractivity contribution in [3.8, 4) is 0 Å². The van der Waals surface area contributed by atoms with Crippen LogP contribution in [0.2, 0.25) is 0 Å². The number of aliphatic hydroxyl groups is 2. The molecule has 0 spiro atoms. The molecule has 8 heteroatoms. The molecule has 1 aromatic carbocycles. The molecule has 0 heterocycles. The number of Topliss-reactive ketones (excluding diaryl/α,β-unsaturated/α-hetero) is 1. The molecule has 0 saturated heterocycles. The Labute approximate surface area is 228 Å². The van der Waals surface area contributed by atoms with Crippen LogP contribution in [0.3, 0.4) is 0 Å². The molecule has 208 valence electrons. The number of carbonyl (C=O) groups is 4. The summed E-state index contributed by atoms with van der Waals surface area (Å²) >= 11 is 0. The molecule has 8 atom stereocenters. The van der Waals surface area contributed by atoms with Gasteiger partial charge in [0, 0.05) is 24.3 Å². The molecular formula is C31H36O8. The van der Waals surface area contributed by atoms with Crippen LogP contribution in [0.15, 0.2) is 53.8 Å². The van der Waals surface area contributed by atoms with Crippen LogP contribution in [0.1, 0.15) is 70.2 Å². The Morgan fingerprint density at radius 3 is 2.41 bits per heavy atom. The highest BCUT2D eigenvalue weighted by atomic mass is 16.5. The average Bonchev–Trinajstić information content (AvgIpc) is 3.15. The van der Waals surface area contributed by atoms with E-state index in [2.05, 4.69) is 0 Å². The Kier molecular flexibility index (Phi) is 6.71. The average molecular weight is 537 g/mol. The Morgan fingerprint density at radius 1 is 1.08 bits per heavy atom. The topological polar surface area (TPSA) is 127 Å². The highest BCUT2D eigenvalue weighted by molar-refractivity contribution is 6.02. The summed E-state index contributed by atoms with van der Waals surface area (Å²) in [6, 6.07) is 8.60. The molecule has 1 unspecified atom stereocenters. The number of aliphatic hydroxyl groups excluding tert-OH is 1. The summed E-state index contributed by atoms with van der Waals surface area (Å²) in [4.78, 5) is 51.3. The maximum absolute atomic E-state index is 13.4. The van der Waals surface area contributed by atoms with E-state index in [1.165, 1.54) is 19.9 Å². The minimum atomic E-state index is -1.78. The van der Waals surface area contributed by atoms with E-state index in [1.807, 2.05) is 13.8 Å². The number of carbonyl (C=O) groups excluding carboxylic acids is 4. The monoisotopic (exact) mass is 536 g/mol. The van der Waals surface area contributed by atoms with E-state index >= 15 is 0 Å². The van der Waals surface area contributed by atoms with Crippen molar-refractivity contribution in [3.05, 3.63) is 59.4 Å². The molecule has 4 aliphatic carbocycles. The Balaban J connectivity index is 1.63. The van der Waals surface area contributed by atoms with Gasteiger partial charge in [0.1, 0.15) is 23.6 Å². The van der Waals surface area contributed by atoms with Gasteiger partial charge in [-0.3, -0.25) is 14.4 Å². The van der Waals surface area contributed by atoms with Gasteiger partial charge < -0.3 is 19.7 Å². The molecule has 3 saturated carbocycles. The van der Waals surface area contributed by atoms with Crippen LogP contribution < -0.4 is 0 Å². The summed E-state index contributed by atoms with van der Waals surface area (Å²) in [5, 5.41) is 22.1. The maximum Gasteiger partial charge on any atom is 0.338 e. The van der Waals surface area contributed by atoms with E-state index in [1.54, 1.807) is 36.4 Å². The zero-order valence-electron chi connectivity index (χ0n) is 22.8. The molecule has 0 aromatic heterocycles. The highest BCUT2D eigenvalue weighted by Crippen LogP contribution is 2.68. The zero-order valence-corrected chi connectivity index (χ0v) is 22.8. The number of benzene rings is 1. The molecule has 0 bridgehead atoms. The van der Waals surface area contributed by atoms with E-state index in [4.69, 9.17) is 9.47 Å². The lowest BCUT2D eigenvalue weighted by molar-refractivity contribution is -0.185. The highest BCUT2D eigenvalue weighted by Gasteiger charge is 2.70. The maximum atomic E-state index is 13.4. The fourth-order valence-electron chi connectivity index (χ4n) is 8.30. The van der Waals surface area contributed by atoms with Crippen molar-refractivity contribution in [1.82, 2.24) is 0 Å². The second kappa shape index (κ2) is 9.52. The molecule has 0 radical (unpaired) electrons. The SMILES string of the molecule is CC(=O)OC1=CC(=O)C=C2CC[C@@H]3[C@H]([C@H](OC(=O)c4ccccc4)C[C@@]4(C)[C@H]3CC[C@]4(O)C(=O)C(C)O)[C@]21C. The lowest BCUT2D eigenvalue weighted by atomic mass is 9.45. The molecular weight excluding hydrogens is 500 g/mol. The van der Waals surface area contributed by atoms with Crippen LogP contribution in [-0.2, 0) is 23.9 Å². The third kappa shape index (κ3) is 4.11. The minimum Gasteiger partial charge on any atom is -0.458 e. The number of esters is 2. The third-order valence-corrected chi connectivity index (χ3v) is 10.1. The Hall–Kier alpha value is -3.10. The van der Waals surface area contributed by atoms with Crippen LogP contribution >= 0.6 is 0 Å². The number of ether oxygens (including phenoxy) is 2. The van der Waals surface area contributed by atoms with Crippen molar-refractivity contribution < 1.29 is 38.9 Å². The number of ketones is 2. The van der Waals surface area contributed by atoms with Gasteiger partial charge in [0.15, 0.2) is 11.6 Å². The second-order valence-electron chi connectivity index (χ2n) is 12.1. The predicted molar refractivity (Wildman–Crippen MR) is 140 cm³/mol. The molecule has 2 N–H and O–H groups in total. The summed E-state index contributed by atoms with van der Waals surface area (Å²) in [5.41, 5.74) is -2.44. The fraction of sp³-hybridized carbons (Fsp3) is 0.548. The van der Waals surface area contributed by atoms with E-state index in [-0.39, 0.29) is 42.1 Å². The fourth-order valence-corrected chi connectivity index (χ4v) is 8.30. The summed E-state index contributed by atoms with van der Waals surface area (Å²) in [7, 11) is 0. The molecule has 8 nitrogen and oxygen atoms in total. The van der Waals surface area contributed by atoms with E-state index in [9.17, 15) is 29.4 Å². The van der Waals surface area contributed by atoms with Gasteiger partial charge in [-0.15, -0.1) is 0 Å². The Morgan fingerprint density at radius 2 is 1.77 bits per heavy atom. The standard InChI is InChI=1S/C31H36O8/c1-17(32)27(35)31(37)13-12-23-22-11-10-20-14-21(34)15-25(38-18(2)33)30(20,4)26(22)24(16-29(23,31)3)39-28(36)19-8-6-5-7-9-19/h5-9,14-15,17,22-24,26,32,37H,10-13,16H2,1-4H3/t17?,22-,23-,24+,26+,29-,30+,31-/m0/s1. The second-order valence-corrected chi connectivity index (χ2v) is 12.1. The first-order chi connectivity index (χ1) is 18.3. The number of hydrogen-bond donors (Lipinski definition) is 2. The summed E-state index contributed by atoms with van der Waals surface area (Å²) in [6.45, 7) is 6.45. The normalized spacial score (nSPS) is 37.8. The largest absolute Gasteiger partial charge is 0.458 e. The summed E-state index contributed by atoms with van der Waals surface area (Å²) < 4.78 is 11.9. The van der Waals surface area contributed by atoms with Crippen molar-refractivity contribution in [2.45, 2.75) is 77.6 Å². The number of rotatable bonds is 5. The van der Waals surface area contributed by atoms with Crippen molar-refractivity contribution in [3.63, 3.8) is 0 Å². The first kappa shape index (κ1) is 27.5. The molecule has 3 fully saturated rings. The molecule has 5 rings (SSSR count). The van der Waals surface area contributed by atoms with E-state index in [0.29, 0.717) is 24.8 Å². The number of allylic oxidation sites excluding steroid dienone is 3. The van der Waals surface area contributed by atoms with Gasteiger partial charge in [-0.1, -0.05) is 30.7 Å². The van der Waals surface area contributed by atoms with Crippen molar-refractivity contribution in [1.29, 1.82) is 0 Å². The number of hydrogen-bond acceptors (Lipinski definition) is 8. The molecule has 4 aliphatic rings. The third-order valence-electron chi connectivity index (χ3n) is 10.1. The predicted octanol–water partition coefficient (Wildman–Crippen LogP) is 3.70.